The molecule has 0 spiro atoms. The molecule has 1 fully saturated rings. The Morgan fingerprint density at radius 1 is 1.41 bits per heavy atom. The molecule has 1 N–H and O–H groups in total. The van der Waals surface area contributed by atoms with Gasteiger partial charge in [0.25, 0.3) is 0 Å². The summed E-state index contributed by atoms with van der Waals surface area (Å²) in [5.74, 6) is 0. The third-order valence-electron chi connectivity index (χ3n) is 2.94. The second kappa shape index (κ2) is 5.33. The standard InChI is InChI=1S/C12H20N2O2S/c1-4-10-11(7-15)17-12(13-10)14-5-8(2)16-9(3)6-14/h8-9,15H,4-7H2,1-3H3/t8-,9+. The molecule has 2 atom stereocenters. The fourth-order valence-electron chi connectivity index (χ4n) is 2.24. The van der Waals surface area contributed by atoms with Crippen molar-refractivity contribution >= 4 is 16.5 Å². The fraction of sp³-hybridized carbons (Fsp3) is 0.750. The number of hydrogen-bond donors (Lipinski definition) is 1. The number of rotatable bonds is 3. The number of hydrogen-bond acceptors (Lipinski definition) is 5. The molecule has 0 amide bonds. The van der Waals surface area contributed by atoms with Crippen molar-refractivity contribution in [2.75, 3.05) is 18.0 Å². The molecule has 1 saturated heterocycles. The van der Waals surface area contributed by atoms with Crippen LogP contribution in [-0.2, 0) is 17.8 Å². The molecule has 0 bridgehead atoms. The summed E-state index contributed by atoms with van der Waals surface area (Å²) in [6.07, 6.45) is 1.36. The zero-order valence-electron chi connectivity index (χ0n) is 10.6. The molecule has 0 radical (unpaired) electrons. The number of nitrogens with zero attached hydrogens (tertiary/aromatic N) is 2. The molecule has 0 unspecified atom stereocenters. The van der Waals surface area contributed by atoms with E-state index in [2.05, 4.69) is 30.7 Å². The van der Waals surface area contributed by atoms with Crippen molar-refractivity contribution in [3.63, 3.8) is 0 Å². The maximum atomic E-state index is 9.29. The van der Waals surface area contributed by atoms with E-state index in [-0.39, 0.29) is 18.8 Å². The Morgan fingerprint density at radius 2 is 2.06 bits per heavy atom. The van der Waals surface area contributed by atoms with E-state index in [0.717, 1.165) is 35.2 Å². The van der Waals surface area contributed by atoms with Gasteiger partial charge in [-0.05, 0) is 20.3 Å². The molecular formula is C12H20N2O2S. The summed E-state index contributed by atoms with van der Waals surface area (Å²) in [6.45, 7) is 8.10. The highest BCUT2D eigenvalue weighted by molar-refractivity contribution is 7.15. The van der Waals surface area contributed by atoms with Gasteiger partial charge in [-0.3, -0.25) is 0 Å². The maximum Gasteiger partial charge on any atom is 0.186 e. The van der Waals surface area contributed by atoms with Crippen LogP contribution in [0.15, 0.2) is 0 Å². The summed E-state index contributed by atoms with van der Waals surface area (Å²) in [6, 6.07) is 0. The van der Waals surface area contributed by atoms with Crippen LogP contribution in [0, 0.1) is 0 Å². The number of anilines is 1. The van der Waals surface area contributed by atoms with Gasteiger partial charge in [0.1, 0.15) is 0 Å². The summed E-state index contributed by atoms with van der Waals surface area (Å²) < 4.78 is 5.71. The molecule has 1 aromatic rings. The molecule has 4 nitrogen and oxygen atoms in total. The van der Waals surface area contributed by atoms with Crippen LogP contribution < -0.4 is 4.90 Å². The molecule has 96 valence electrons. The lowest BCUT2D eigenvalue weighted by molar-refractivity contribution is -0.00523. The number of thiazole rings is 1. The Morgan fingerprint density at radius 3 is 2.53 bits per heavy atom. The van der Waals surface area contributed by atoms with Crippen LogP contribution in [-0.4, -0.2) is 35.4 Å². The summed E-state index contributed by atoms with van der Waals surface area (Å²) in [5, 5.41) is 10.3. The summed E-state index contributed by atoms with van der Waals surface area (Å²) in [5.41, 5.74) is 1.03. The average Bonchev–Trinajstić information content (AvgIpc) is 2.70. The van der Waals surface area contributed by atoms with Crippen molar-refractivity contribution in [2.24, 2.45) is 0 Å². The maximum absolute atomic E-state index is 9.29. The average molecular weight is 256 g/mol. The Labute approximate surface area is 106 Å². The molecular weight excluding hydrogens is 236 g/mol. The van der Waals surface area contributed by atoms with Crippen molar-refractivity contribution in [1.29, 1.82) is 0 Å². The largest absolute Gasteiger partial charge is 0.391 e. The van der Waals surface area contributed by atoms with Gasteiger partial charge in [0.2, 0.25) is 0 Å². The van der Waals surface area contributed by atoms with Crippen LogP contribution >= 0.6 is 11.3 Å². The van der Waals surface area contributed by atoms with Gasteiger partial charge in [0.15, 0.2) is 5.13 Å². The van der Waals surface area contributed by atoms with Gasteiger partial charge in [-0.25, -0.2) is 4.98 Å². The van der Waals surface area contributed by atoms with Crippen LogP contribution in [0.1, 0.15) is 31.3 Å². The molecule has 1 aromatic heterocycles. The number of ether oxygens (including phenoxy) is 1. The second-order valence-corrected chi connectivity index (χ2v) is 5.60. The monoisotopic (exact) mass is 256 g/mol. The molecule has 5 heteroatoms. The van der Waals surface area contributed by atoms with Gasteiger partial charge in [-0.15, -0.1) is 0 Å². The first-order chi connectivity index (χ1) is 8.13. The SMILES string of the molecule is CCc1nc(N2C[C@@H](C)O[C@@H](C)C2)sc1CO. The van der Waals surface area contributed by atoms with E-state index in [0.29, 0.717) is 0 Å². The lowest BCUT2D eigenvalue weighted by Gasteiger charge is -2.35. The smallest absolute Gasteiger partial charge is 0.186 e. The van der Waals surface area contributed by atoms with Crippen LogP contribution in [0.25, 0.3) is 0 Å². The minimum Gasteiger partial charge on any atom is -0.391 e. The summed E-state index contributed by atoms with van der Waals surface area (Å²) in [4.78, 5) is 7.88. The Bertz CT molecular complexity index is 349. The molecule has 1 aliphatic rings. The second-order valence-electron chi connectivity index (χ2n) is 4.54. The zero-order valence-corrected chi connectivity index (χ0v) is 11.5. The molecule has 0 aromatic carbocycles. The van der Waals surface area contributed by atoms with E-state index < -0.39 is 0 Å². The predicted octanol–water partition coefficient (Wildman–Crippen LogP) is 1.81. The summed E-state index contributed by atoms with van der Waals surface area (Å²) >= 11 is 1.60. The van der Waals surface area contributed by atoms with Crippen molar-refractivity contribution < 1.29 is 9.84 Å². The number of aliphatic hydroxyl groups is 1. The van der Waals surface area contributed by atoms with Crippen LogP contribution in [0.3, 0.4) is 0 Å². The summed E-state index contributed by atoms with van der Waals surface area (Å²) in [7, 11) is 0. The Kier molecular flexibility index (Phi) is 4.01. The van der Waals surface area contributed by atoms with E-state index in [4.69, 9.17) is 4.74 Å². The van der Waals surface area contributed by atoms with Gasteiger partial charge in [0.05, 0.1) is 29.4 Å². The van der Waals surface area contributed by atoms with Gasteiger partial charge in [-0.1, -0.05) is 18.3 Å². The van der Waals surface area contributed by atoms with Gasteiger partial charge in [-0.2, -0.15) is 0 Å². The topological polar surface area (TPSA) is 45.6 Å². The molecule has 17 heavy (non-hydrogen) atoms. The van der Waals surface area contributed by atoms with Crippen LogP contribution in [0.2, 0.25) is 0 Å². The van der Waals surface area contributed by atoms with Crippen LogP contribution in [0.5, 0.6) is 0 Å². The van der Waals surface area contributed by atoms with E-state index in [1.54, 1.807) is 11.3 Å². The predicted molar refractivity (Wildman–Crippen MR) is 69.6 cm³/mol. The Balaban J connectivity index is 2.18. The van der Waals surface area contributed by atoms with Crippen molar-refractivity contribution in [2.45, 2.75) is 46.0 Å². The van der Waals surface area contributed by atoms with Gasteiger partial charge >= 0.3 is 0 Å². The normalized spacial score (nSPS) is 25.3. The number of morpholine rings is 1. The van der Waals surface area contributed by atoms with Crippen LogP contribution in [0.4, 0.5) is 5.13 Å². The van der Waals surface area contributed by atoms with Gasteiger partial charge < -0.3 is 14.7 Å². The van der Waals surface area contributed by atoms with E-state index >= 15 is 0 Å². The molecule has 0 aliphatic carbocycles. The first-order valence-corrected chi connectivity index (χ1v) is 6.95. The highest BCUT2D eigenvalue weighted by Crippen LogP contribution is 2.29. The van der Waals surface area contributed by atoms with Gasteiger partial charge in [0, 0.05) is 13.1 Å². The lowest BCUT2D eigenvalue weighted by Crippen LogP contribution is -2.45. The molecule has 1 aliphatic heterocycles. The number of aliphatic hydroxyl groups excluding tert-OH is 1. The highest BCUT2D eigenvalue weighted by Gasteiger charge is 2.25. The minimum atomic E-state index is 0.0935. The third kappa shape index (κ3) is 2.78. The van der Waals surface area contributed by atoms with Crippen molar-refractivity contribution in [3.8, 4) is 0 Å². The zero-order chi connectivity index (χ0) is 12.4. The van der Waals surface area contributed by atoms with Crippen molar-refractivity contribution in [3.05, 3.63) is 10.6 Å². The molecule has 0 saturated carbocycles. The first kappa shape index (κ1) is 12.8. The van der Waals surface area contributed by atoms with E-state index in [1.807, 2.05) is 0 Å². The molecule has 2 rings (SSSR count). The van der Waals surface area contributed by atoms with E-state index in [9.17, 15) is 5.11 Å². The first-order valence-electron chi connectivity index (χ1n) is 6.13. The Hall–Kier alpha value is -0.650. The fourth-order valence-corrected chi connectivity index (χ4v) is 3.27. The third-order valence-corrected chi connectivity index (χ3v) is 4.08. The number of aryl methyl sites for hydroxylation is 1. The van der Waals surface area contributed by atoms with E-state index in [1.165, 1.54) is 0 Å². The highest BCUT2D eigenvalue weighted by atomic mass is 32.1. The van der Waals surface area contributed by atoms with Crippen molar-refractivity contribution in [1.82, 2.24) is 4.98 Å². The minimum absolute atomic E-state index is 0.0935. The molecule has 2 heterocycles. The quantitative estimate of drug-likeness (QED) is 0.896. The lowest BCUT2D eigenvalue weighted by atomic mass is 10.2. The number of aromatic nitrogens is 1.